The van der Waals surface area contributed by atoms with Gasteiger partial charge in [-0.15, -0.1) is 0 Å². The number of nitrogens with one attached hydrogen (secondary N) is 1. The molecule has 0 aliphatic carbocycles. The molecule has 0 radical (unpaired) electrons. The van der Waals surface area contributed by atoms with Crippen molar-refractivity contribution >= 4 is 17.8 Å². The quantitative estimate of drug-likeness (QED) is 0.766. The summed E-state index contributed by atoms with van der Waals surface area (Å²) in [5.74, 6) is -2.35. The van der Waals surface area contributed by atoms with Gasteiger partial charge in [0.05, 0.1) is 6.54 Å². The van der Waals surface area contributed by atoms with Crippen LogP contribution in [0, 0.1) is 5.82 Å². The fraction of sp³-hybridized carbons (Fsp3) is 0.133. The number of carbonyl (C=O) groups is 3. The van der Waals surface area contributed by atoms with Crippen LogP contribution in [0.25, 0.3) is 11.3 Å². The zero-order valence-electron chi connectivity index (χ0n) is 11.9. The monoisotopic (exact) mass is 320 g/mol. The van der Waals surface area contributed by atoms with Crippen molar-refractivity contribution in [1.82, 2.24) is 5.32 Å². The minimum absolute atomic E-state index is 0.105. The molecule has 0 aliphatic heterocycles. The number of primary amides is 1. The van der Waals surface area contributed by atoms with Gasteiger partial charge in [0.1, 0.15) is 11.6 Å². The van der Waals surface area contributed by atoms with Crippen LogP contribution in [-0.4, -0.2) is 30.9 Å². The molecular formula is C15H13FN2O5. The van der Waals surface area contributed by atoms with E-state index in [1.165, 1.54) is 36.4 Å². The Hall–Kier alpha value is -3.16. The minimum atomic E-state index is -0.840. The van der Waals surface area contributed by atoms with Crippen molar-refractivity contribution in [1.29, 1.82) is 0 Å². The smallest absolute Gasteiger partial charge is 0.374 e. The summed E-state index contributed by atoms with van der Waals surface area (Å²) in [6.07, 6.45) is 0. The number of ether oxygens (including phenoxy) is 1. The summed E-state index contributed by atoms with van der Waals surface area (Å²) in [6.45, 7) is -0.912. The van der Waals surface area contributed by atoms with Gasteiger partial charge < -0.3 is 20.2 Å². The summed E-state index contributed by atoms with van der Waals surface area (Å²) < 4.78 is 22.9. The second-order valence-electron chi connectivity index (χ2n) is 4.49. The fourth-order valence-corrected chi connectivity index (χ4v) is 1.66. The number of hydrogen-bond acceptors (Lipinski definition) is 5. The predicted octanol–water partition coefficient (Wildman–Crippen LogP) is 0.844. The van der Waals surface area contributed by atoms with Gasteiger partial charge in [-0.1, -0.05) is 0 Å². The van der Waals surface area contributed by atoms with Gasteiger partial charge >= 0.3 is 5.97 Å². The molecule has 0 saturated heterocycles. The molecule has 120 valence electrons. The number of hydrogen-bond donors (Lipinski definition) is 2. The lowest BCUT2D eigenvalue weighted by molar-refractivity contribution is -0.127. The highest BCUT2D eigenvalue weighted by atomic mass is 19.1. The third-order valence-corrected chi connectivity index (χ3v) is 2.73. The zero-order valence-corrected chi connectivity index (χ0v) is 11.9. The first-order valence-electron chi connectivity index (χ1n) is 6.53. The molecule has 23 heavy (non-hydrogen) atoms. The third kappa shape index (κ3) is 4.67. The lowest BCUT2D eigenvalue weighted by Crippen LogP contribution is -2.35. The van der Waals surface area contributed by atoms with Crippen molar-refractivity contribution in [2.45, 2.75) is 0 Å². The van der Waals surface area contributed by atoms with Crippen LogP contribution in [0.5, 0.6) is 0 Å². The summed E-state index contributed by atoms with van der Waals surface area (Å²) in [5, 5.41) is 2.17. The van der Waals surface area contributed by atoms with Crippen LogP contribution in [0.4, 0.5) is 4.39 Å². The van der Waals surface area contributed by atoms with E-state index in [1.807, 2.05) is 0 Å². The standard InChI is InChI=1S/C15H13FN2O5/c16-10-3-1-9(2-4-10)11-5-6-12(23-11)15(21)22-8-14(20)18-7-13(17)19/h1-6H,7-8H2,(H2,17,19)(H,18,20). The Morgan fingerprint density at radius 1 is 1.13 bits per heavy atom. The van der Waals surface area contributed by atoms with Crippen molar-refractivity contribution in [3.05, 3.63) is 48.0 Å². The first-order valence-corrected chi connectivity index (χ1v) is 6.53. The van der Waals surface area contributed by atoms with Crippen molar-refractivity contribution in [3.63, 3.8) is 0 Å². The Kier molecular flexibility index (Phi) is 5.08. The molecule has 2 aromatic rings. The van der Waals surface area contributed by atoms with Crippen LogP contribution in [-0.2, 0) is 14.3 Å². The summed E-state index contributed by atoms with van der Waals surface area (Å²) in [5.41, 5.74) is 5.44. The second kappa shape index (κ2) is 7.21. The maximum Gasteiger partial charge on any atom is 0.374 e. The third-order valence-electron chi connectivity index (χ3n) is 2.73. The number of amides is 2. The number of esters is 1. The van der Waals surface area contributed by atoms with Crippen molar-refractivity contribution < 1.29 is 27.9 Å². The molecule has 0 atom stereocenters. The highest BCUT2D eigenvalue weighted by Crippen LogP contribution is 2.22. The van der Waals surface area contributed by atoms with Crippen molar-refractivity contribution in [3.8, 4) is 11.3 Å². The number of rotatable bonds is 6. The Labute approximate surface area is 130 Å². The van der Waals surface area contributed by atoms with E-state index in [9.17, 15) is 18.8 Å². The van der Waals surface area contributed by atoms with Crippen LogP contribution < -0.4 is 11.1 Å². The van der Waals surface area contributed by atoms with Gasteiger partial charge in [-0.25, -0.2) is 9.18 Å². The van der Waals surface area contributed by atoms with E-state index in [2.05, 4.69) is 5.32 Å². The zero-order chi connectivity index (χ0) is 16.8. The van der Waals surface area contributed by atoms with Gasteiger partial charge in [0.2, 0.25) is 11.7 Å². The Bertz CT molecular complexity index is 724. The first-order chi connectivity index (χ1) is 11.0. The van der Waals surface area contributed by atoms with Gasteiger partial charge in [0.15, 0.2) is 6.61 Å². The number of halogens is 1. The second-order valence-corrected chi connectivity index (χ2v) is 4.49. The van der Waals surface area contributed by atoms with Crippen molar-refractivity contribution in [2.24, 2.45) is 5.73 Å². The molecule has 0 unspecified atom stereocenters. The van der Waals surface area contributed by atoms with E-state index in [1.54, 1.807) is 0 Å². The predicted molar refractivity (Wildman–Crippen MR) is 76.6 cm³/mol. The topological polar surface area (TPSA) is 112 Å². The van der Waals surface area contributed by atoms with E-state index in [0.717, 1.165) is 0 Å². The van der Waals surface area contributed by atoms with E-state index >= 15 is 0 Å². The molecule has 1 aromatic heterocycles. The Balaban J connectivity index is 1.92. The lowest BCUT2D eigenvalue weighted by Gasteiger charge is -2.03. The lowest BCUT2D eigenvalue weighted by atomic mass is 10.2. The highest BCUT2D eigenvalue weighted by molar-refractivity contribution is 5.90. The summed E-state index contributed by atoms with van der Waals surface area (Å²) in [4.78, 5) is 33.5. The number of benzene rings is 1. The molecule has 0 bridgehead atoms. The molecular weight excluding hydrogens is 307 g/mol. The minimum Gasteiger partial charge on any atom is -0.450 e. The molecule has 0 spiro atoms. The number of carbonyl (C=O) groups excluding carboxylic acids is 3. The molecule has 0 aliphatic rings. The van der Waals surface area contributed by atoms with Gasteiger partial charge in [0.25, 0.3) is 5.91 Å². The molecule has 3 N–H and O–H groups in total. The van der Waals surface area contributed by atoms with E-state index in [-0.39, 0.29) is 18.1 Å². The van der Waals surface area contributed by atoms with E-state index in [0.29, 0.717) is 11.3 Å². The van der Waals surface area contributed by atoms with E-state index in [4.69, 9.17) is 14.9 Å². The molecule has 7 nitrogen and oxygen atoms in total. The number of nitrogens with two attached hydrogens (primary N) is 1. The fourth-order valence-electron chi connectivity index (χ4n) is 1.66. The maximum atomic E-state index is 12.9. The summed E-state index contributed by atoms with van der Waals surface area (Å²) >= 11 is 0. The SMILES string of the molecule is NC(=O)CNC(=O)COC(=O)c1ccc(-c2ccc(F)cc2)o1. The number of furan rings is 1. The summed E-state index contributed by atoms with van der Waals surface area (Å²) in [7, 11) is 0. The molecule has 0 fully saturated rings. The van der Waals surface area contributed by atoms with Gasteiger partial charge in [-0.3, -0.25) is 9.59 Å². The molecule has 2 amide bonds. The average Bonchev–Trinajstić information content (AvgIpc) is 3.01. The summed E-state index contributed by atoms with van der Waals surface area (Å²) in [6, 6.07) is 8.43. The average molecular weight is 320 g/mol. The van der Waals surface area contributed by atoms with Crippen molar-refractivity contribution in [2.75, 3.05) is 13.2 Å². The van der Waals surface area contributed by atoms with Crippen LogP contribution >= 0.6 is 0 Å². The van der Waals surface area contributed by atoms with Crippen LogP contribution in [0.3, 0.4) is 0 Å². The first kappa shape index (κ1) is 16.2. The Morgan fingerprint density at radius 2 is 1.83 bits per heavy atom. The van der Waals surface area contributed by atoms with Crippen LogP contribution in [0.1, 0.15) is 10.6 Å². The van der Waals surface area contributed by atoms with Gasteiger partial charge in [-0.05, 0) is 36.4 Å². The van der Waals surface area contributed by atoms with Gasteiger partial charge in [-0.2, -0.15) is 0 Å². The highest BCUT2D eigenvalue weighted by Gasteiger charge is 2.15. The van der Waals surface area contributed by atoms with Gasteiger partial charge in [0, 0.05) is 5.56 Å². The molecule has 2 rings (SSSR count). The van der Waals surface area contributed by atoms with E-state index < -0.39 is 24.4 Å². The molecule has 1 aromatic carbocycles. The normalized spacial score (nSPS) is 10.1. The maximum absolute atomic E-state index is 12.9. The molecule has 8 heteroatoms. The van der Waals surface area contributed by atoms with Crippen LogP contribution in [0.15, 0.2) is 40.8 Å². The molecule has 0 saturated carbocycles. The molecule has 1 heterocycles. The van der Waals surface area contributed by atoms with Crippen LogP contribution in [0.2, 0.25) is 0 Å². The largest absolute Gasteiger partial charge is 0.450 e. The Morgan fingerprint density at radius 3 is 2.48 bits per heavy atom.